The van der Waals surface area contributed by atoms with Crippen LogP contribution in [0.4, 0.5) is 0 Å². The number of nitrogens with two attached hydrogens (primary N) is 1. The lowest BCUT2D eigenvalue weighted by atomic mass is 10.1. The molecule has 7 nitrogen and oxygen atoms in total. The van der Waals surface area contributed by atoms with Gasteiger partial charge < -0.3 is 25.4 Å². The molecule has 0 unspecified atom stereocenters. The number of nitrogens with zero attached hydrogens (tertiary/aromatic N) is 2. The van der Waals surface area contributed by atoms with Gasteiger partial charge in [0.2, 0.25) is 0 Å². The normalized spacial score (nSPS) is 11.0. The van der Waals surface area contributed by atoms with Crippen molar-refractivity contribution in [1.82, 2.24) is 10.2 Å². The van der Waals surface area contributed by atoms with E-state index < -0.39 is 5.91 Å². The molecule has 0 aromatic heterocycles. The molecule has 0 fully saturated rings. The Morgan fingerprint density at radius 2 is 1.68 bits per heavy atom. The zero-order chi connectivity index (χ0) is 20.4. The Labute approximate surface area is 166 Å². The van der Waals surface area contributed by atoms with E-state index in [1.54, 1.807) is 14.2 Å². The van der Waals surface area contributed by atoms with Crippen molar-refractivity contribution >= 4 is 11.9 Å². The molecule has 3 N–H and O–H groups in total. The molecule has 7 heteroatoms. The van der Waals surface area contributed by atoms with Gasteiger partial charge in [0.25, 0.3) is 5.91 Å². The van der Waals surface area contributed by atoms with Crippen molar-refractivity contribution in [3.05, 3.63) is 59.7 Å². The van der Waals surface area contributed by atoms with Crippen LogP contribution in [0.2, 0.25) is 0 Å². The van der Waals surface area contributed by atoms with Crippen LogP contribution in [0.5, 0.6) is 11.5 Å². The standard InChI is InChI=1S/C21H28N4O3/c1-23-21(25(2)14-17-6-8-18(27-3)9-7-17)24-13-12-16-4-10-19(11-5-16)28-15-20(22)26/h4-11H,12-15H2,1-3H3,(H2,22,26)(H,23,24). The highest BCUT2D eigenvalue weighted by Crippen LogP contribution is 2.13. The van der Waals surface area contributed by atoms with Crippen LogP contribution in [0, 0.1) is 0 Å². The molecule has 0 atom stereocenters. The zero-order valence-corrected chi connectivity index (χ0v) is 16.6. The van der Waals surface area contributed by atoms with E-state index in [2.05, 4.69) is 15.2 Å². The summed E-state index contributed by atoms with van der Waals surface area (Å²) in [6.07, 6.45) is 0.839. The van der Waals surface area contributed by atoms with E-state index in [-0.39, 0.29) is 6.61 Å². The average molecular weight is 384 g/mol. The van der Waals surface area contributed by atoms with Crippen LogP contribution in [0.1, 0.15) is 11.1 Å². The number of rotatable bonds is 9. The number of guanidine groups is 1. The van der Waals surface area contributed by atoms with Crippen molar-refractivity contribution < 1.29 is 14.3 Å². The van der Waals surface area contributed by atoms with Gasteiger partial charge in [0, 0.05) is 27.2 Å². The van der Waals surface area contributed by atoms with E-state index >= 15 is 0 Å². The number of carbonyl (C=O) groups excluding carboxylic acids is 1. The van der Waals surface area contributed by atoms with Crippen LogP contribution in [-0.4, -0.2) is 51.1 Å². The molecular formula is C21H28N4O3. The third kappa shape index (κ3) is 6.83. The van der Waals surface area contributed by atoms with E-state index in [9.17, 15) is 4.79 Å². The average Bonchev–Trinajstić information content (AvgIpc) is 2.71. The molecule has 0 saturated carbocycles. The van der Waals surface area contributed by atoms with Crippen LogP contribution < -0.4 is 20.5 Å². The maximum absolute atomic E-state index is 10.7. The van der Waals surface area contributed by atoms with E-state index in [0.717, 1.165) is 36.8 Å². The number of ether oxygens (including phenoxy) is 2. The molecule has 1 amide bonds. The molecule has 0 spiro atoms. The number of nitrogens with one attached hydrogen (secondary N) is 1. The Bertz CT molecular complexity index is 773. The van der Waals surface area contributed by atoms with Crippen molar-refractivity contribution in [1.29, 1.82) is 0 Å². The van der Waals surface area contributed by atoms with Crippen molar-refractivity contribution in [3.8, 4) is 11.5 Å². The monoisotopic (exact) mass is 384 g/mol. The van der Waals surface area contributed by atoms with Crippen molar-refractivity contribution in [2.75, 3.05) is 34.4 Å². The first-order chi connectivity index (χ1) is 13.5. The number of amides is 1. The highest BCUT2D eigenvalue weighted by atomic mass is 16.5. The van der Waals surface area contributed by atoms with E-state index in [1.807, 2.05) is 55.6 Å². The van der Waals surface area contributed by atoms with Gasteiger partial charge in [-0.3, -0.25) is 9.79 Å². The fraction of sp³-hybridized carbons (Fsp3) is 0.333. The van der Waals surface area contributed by atoms with Gasteiger partial charge in [-0.2, -0.15) is 0 Å². The van der Waals surface area contributed by atoms with Gasteiger partial charge in [-0.25, -0.2) is 0 Å². The molecule has 28 heavy (non-hydrogen) atoms. The van der Waals surface area contributed by atoms with Crippen LogP contribution in [0.3, 0.4) is 0 Å². The summed E-state index contributed by atoms with van der Waals surface area (Å²) in [5.41, 5.74) is 7.41. The molecule has 150 valence electrons. The van der Waals surface area contributed by atoms with E-state index in [1.165, 1.54) is 5.56 Å². The third-order valence-electron chi connectivity index (χ3n) is 4.15. The molecule has 0 heterocycles. The fourth-order valence-electron chi connectivity index (χ4n) is 2.69. The Balaban J connectivity index is 1.80. The molecule has 0 bridgehead atoms. The third-order valence-corrected chi connectivity index (χ3v) is 4.15. The van der Waals surface area contributed by atoms with Crippen LogP contribution in [-0.2, 0) is 17.8 Å². The molecule has 0 aliphatic heterocycles. The molecular weight excluding hydrogens is 356 g/mol. The molecule has 0 saturated heterocycles. The van der Waals surface area contributed by atoms with Gasteiger partial charge in [-0.15, -0.1) is 0 Å². The highest BCUT2D eigenvalue weighted by molar-refractivity contribution is 5.79. The van der Waals surface area contributed by atoms with Gasteiger partial charge in [-0.1, -0.05) is 24.3 Å². The number of methoxy groups -OCH3 is 1. The topological polar surface area (TPSA) is 89.2 Å². The van der Waals surface area contributed by atoms with Gasteiger partial charge >= 0.3 is 0 Å². The summed E-state index contributed by atoms with van der Waals surface area (Å²) in [4.78, 5) is 17.2. The van der Waals surface area contributed by atoms with Crippen LogP contribution >= 0.6 is 0 Å². The van der Waals surface area contributed by atoms with Crippen molar-refractivity contribution in [3.63, 3.8) is 0 Å². The molecule has 2 aromatic carbocycles. The summed E-state index contributed by atoms with van der Waals surface area (Å²) in [5, 5.41) is 3.37. The molecule has 2 aromatic rings. The minimum atomic E-state index is -0.488. The Hall–Kier alpha value is -3.22. The molecule has 2 rings (SSSR count). The first-order valence-electron chi connectivity index (χ1n) is 9.06. The lowest BCUT2D eigenvalue weighted by molar-refractivity contribution is -0.119. The fourth-order valence-corrected chi connectivity index (χ4v) is 2.69. The second-order valence-corrected chi connectivity index (χ2v) is 6.33. The Morgan fingerprint density at radius 1 is 1.07 bits per heavy atom. The van der Waals surface area contributed by atoms with Crippen LogP contribution in [0.15, 0.2) is 53.5 Å². The highest BCUT2D eigenvalue weighted by Gasteiger charge is 2.07. The van der Waals surface area contributed by atoms with Crippen LogP contribution in [0.25, 0.3) is 0 Å². The maximum Gasteiger partial charge on any atom is 0.255 e. The largest absolute Gasteiger partial charge is 0.497 e. The number of hydrogen-bond acceptors (Lipinski definition) is 4. The zero-order valence-electron chi connectivity index (χ0n) is 16.6. The number of primary amides is 1. The summed E-state index contributed by atoms with van der Waals surface area (Å²) in [5.74, 6) is 1.82. The second-order valence-electron chi connectivity index (χ2n) is 6.33. The summed E-state index contributed by atoms with van der Waals surface area (Å²) in [6.45, 7) is 1.38. The van der Waals surface area contributed by atoms with Gasteiger partial charge in [0.05, 0.1) is 7.11 Å². The smallest absolute Gasteiger partial charge is 0.255 e. The second kappa shape index (κ2) is 10.8. The molecule has 0 radical (unpaired) electrons. The minimum Gasteiger partial charge on any atom is -0.497 e. The molecule has 0 aliphatic rings. The number of benzene rings is 2. The maximum atomic E-state index is 10.7. The minimum absolute atomic E-state index is 0.113. The Kier molecular flexibility index (Phi) is 8.14. The summed E-state index contributed by atoms with van der Waals surface area (Å²) in [7, 11) is 5.44. The van der Waals surface area contributed by atoms with Gasteiger partial charge in [0.1, 0.15) is 11.5 Å². The summed E-state index contributed by atoms with van der Waals surface area (Å²) >= 11 is 0. The van der Waals surface area contributed by atoms with Gasteiger partial charge in [-0.05, 0) is 41.8 Å². The lowest BCUT2D eigenvalue weighted by Gasteiger charge is -2.22. The predicted octanol–water partition coefficient (Wildman–Crippen LogP) is 1.81. The molecule has 0 aliphatic carbocycles. The first kappa shape index (κ1) is 21.1. The van der Waals surface area contributed by atoms with Crippen molar-refractivity contribution in [2.24, 2.45) is 10.7 Å². The summed E-state index contributed by atoms with van der Waals surface area (Å²) in [6, 6.07) is 15.6. The SMILES string of the molecule is CN=C(NCCc1ccc(OCC(N)=O)cc1)N(C)Cc1ccc(OC)cc1. The number of hydrogen-bond donors (Lipinski definition) is 2. The Morgan fingerprint density at radius 3 is 2.25 bits per heavy atom. The number of aliphatic imine (C=N–C) groups is 1. The lowest BCUT2D eigenvalue weighted by Crippen LogP contribution is -2.39. The predicted molar refractivity (Wildman–Crippen MR) is 111 cm³/mol. The van der Waals surface area contributed by atoms with Gasteiger partial charge in [0.15, 0.2) is 12.6 Å². The summed E-state index contributed by atoms with van der Waals surface area (Å²) < 4.78 is 10.5. The number of carbonyl (C=O) groups is 1. The van der Waals surface area contributed by atoms with E-state index in [0.29, 0.717) is 5.75 Å². The van der Waals surface area contributed by atoms with E-state index in [4.69, 9.17) is 15.2 Å². The quantitative estimate of drug-likeness (QED) is 0.508. The van der Waals surface area contributed by atoms with Crippen molar-refractivity contribution in [2.45, 2.75) is 13.0 Å². The first-order valence-corrected chi connectivity index (χ1v) is 9.06.